The average Bonchev–Trinajstić information content (AvgIpc) is 2.89. The quantitative estimate of drug-likeness (QED) is 0.638. The molecular weight excluding hydrogens is 310 g/mol. The minimum Gasteiger partial charge on any atom is -0.494 e. The van der Waals surface area contributed by atoms with Gasteiger partial charge in [-0.2, -0.15) is 0 Å². The first kappa shape index (κ1) is 17.1. The summed E-state index contributed by atoms with van der Waals surface area (Å²) in [6, 6.07) is 12.4. The predicted octanol–water partition coefficient (Wildman–Crippen LogP) is 5.09. The Hall–Kier alpha value is -2.75. The van der Waals surface area contributed by atoms with Crippen molar-refractivity contribution in [2.45, 2.75) is 27.7 Å². The van der Waals surface area contributed by atoms with Crippen LogP contribution in [-0.2, 0) is 0 Å². The number of aromatic hydroxyl groups is 1. The number of rotatable bonds is 5. The van der Waals surface area contributed by atoms with Crippen LogP contribution in [0.2, 0.25) is 0 Å². The molecule has 25 heavy (non-hydrogen) atoms. The van der Waals surface area contributed by atoms with Crippen molar-refractivity contribution >= 4 is 28.5 Å². The molecule has 130 valence electrons. The van der Waals surface area contributed by atoms with E-state index in [0.29, 0.717) is 0 Å². The lowest BCUT2D eigenvalue weighted by atomic mass is 10.1. The molecule has 0 atom stereocenters. The molecule has 4 heteroatoms. The standard InChI is InChI=1S/C21H25N3O/c1-5-24(6-2)16-8-10-19(15(4)12-16)22-13-18-17-9-7-14(3)11-20(17)23-21(18)25/h7-13,23,25H,5-6H2,1-4H3. The van der Waals surface area contributed by atoms with Gasteiger partial charge >= 0.3 is 0 Å². The largest absolute Gasteiger partial charge is 0.494 e. The van der Waals surface area contributed by atoms with Gasteiger partial charge in [-0.1, -0.05) is 12.1 Å². The first-order valence-electron chi connectivity index (χ1n) is 8.74. The van der Waals surface area contributed by atoms with Crippen molar-refractivity contribution in [3.8, 4) is 5.88 Å². The lowest BCUT2D eigenvalue weighted by Gasteiger charge is -2.21. The van der Waals surface area contributed by atoms with E-state index in [4.69, 9.17) is 0 Å². The molecule has 0 aliphatic carbocycles. The highest BCUT2D eigenvalue weighted by atomic mass is 16.3. The summed E-state index contributed by atoms with van der Waals surface area (Å²) in [6.07, 6.45) is 1.74. The summed E-state index contributed by atoms with van der Waals surface area (Å²) in [4.78, 5) is 9.94. The second-order valence-electron chi connectivity index (χ2n) is 6.34. The molecule has 1 aromatic heterocycles. The number of aliphatic imine (C=N–C) groups is 1. The Morgan fingerprint density at radius 2 is 1.84 bits per heavy atom. The zero-order valence-corrected chi connectivity index (χ0v) is 15.3. The number of nitrogens with one attached hydrogen (secondary N) is 1. The summed E-state index contributed by atoms with van der Waals surface area (Å²) in [5, 5.41) is 11.2. The van der Waals surface area contributed by atoms with E-state index in [9.17, 15) is 5.11 Å². The lowest BCUT2D eigenvalue weighted by Crippen LogP contribution is -2.21. The number of hydrogen-bond acceptors (Lipinski definition) is 3. The summed E-state index contributed by atoms with van der Waals surface area (Å²) in [6.45, 7) is 10.4. The molecule has 2 N–H and O–H groups in total. The van der Waals surface area contributed by atoms with E-state index in [2.05, 4.69) is 47.8 Å². The van der Waals surface area contributed by atoms with Crippen LogP contribution in [-0.4, -0.2) is 29.4 Å². The zero-order valence-electron chi connectivity index (χ0n) is 15.3. The van der Waals surface area contributed by atoms with Crippen molar-refractivity contribution in [1.29, 1.82) is 0 Å². The summed E-state index contributed by atoms with van der Waals surface area (Å²) < 4.78 is 0. The van der Waals surface area contributed by atoms with Gasteiger partial charge in [0.25, 0.3) is 0 Å². The Bertz CT molecular complexity index is 920. The van der Waals surface area contributed by atoms with Gasteiger partial charge < -0.3 is 15.0 Å². The summed E-state index contributed by atoms with van der Waals surface area (Å²) in [5.74, 6) is 0.154. The Balaban J connectivity index is 1.94. The molecule has 0 bridgehead atoms. The van der Waals surface area contributed by atoms with Crippen molar-refractivity contribution < 1.29 is 5.11 Å². The maximum Gasteiger partial charge on any atom is 0.198 e. The predicted molar refractivity (Wildman–Crippen MR) is 107 cm³/mol. The van der Waals surface area contributed by atoms with E-state index in [1.165, 1.54) is 5.69 Å². The summed E-state index contributed by atoms with van der Waals surface area (Å²) >= 11 is 0. The monoisotopic (exact) mass is 335 g/mol. The third kappa shape index (κ3) is 3.38. The number of hydrogen-bond donors (Lipinski definition) is 2. The molecule has 0 spiro atoms. The molecule has 0 saturated heterocycles. The van der Waals surface area contributed by atoms with Gasteiger partial charge in [-0.3, -0.25) is 4.99 Å². The van der Waals surface area contributed by atoms with Gasteiger partial charge in [0, 0.05) is 35.9 Å². The first-order valence-corrected chi connectivity index (χ1v) is 8.74. The summed E-state index contributed by atoms with van der Waals surface area (Å²) in [5.41, 5.74) is 6.05. The fourth-order valence-corrected chi connectivity index (χ4v) is 3.15. The van der Waals surface area contributed by atoms with Crippen LogP contribution >= 0.6 is 0 Å². The normalized spacial score (nSPS) is 11.5. The van der Waals surface area contributed by atoms with E-state index in [1.807, 2.05) is 31.2 Å². The zero-order chi connectivity index (χ0) is 18.0. The van der Waals surface area contributed by atoms with Crippen molar-refractivity contribution in [1.82, 2.24) is 4.98 Å². The molecule has 2 aromatic carbocycles. The highest BCUT2D eigenvalue weighted by Gasteiger charge is 2.09. The van der Waals surface area contributed by atoms with E-state index >= 15 is 0 Å². The smallest absolute Gasteiger partial charge is 0.198 e. The molecule has 0 aliphatic heterocycles. The molecule has 3 aromatic rings. The van der Waals surface area contributed by atoms with Crippen molar-refractivity contribution in [2.75, 3.05) is 18.0 Å². The number of aromatic nitrogens is 1. The Morgan fingerprint density at radius 1 is 1.08 bits per heavy atom. The second-order valence-corrected chi connectivity index (χ2v) is 6.34. The van der Waals surface area contributed by atoms with Crippen LogP contribution in [0.3, 0.4) is 0 Å². The van der Waals surface area contributed by atoms with E-state index in [1.54, 1.807) is 6.21 Å². The topological polar surface area (TPSA) is 51.6 Å². The maximum atomic E-state index is 10.2. The van der Waals surface area contributed by atoms with E-state index in [-0.39, 0.29) is 5.88 Å². The van der Waals surface area contributed by atoms with Gasteiger partial charge in [0.1, 0.15) is 0 Å². The van der Waals surface area contributed by atoms with Gasteiger partial charge in [-0.15, -0.1) is 0 Å². The fraction of sp³-hybridized carbons (Fsp3) is 0.286. The van der Waals surface area contributed by atoms with Crippen molar-refractivity contribution in [2.24, 2.45) is 4.99 Å². The third-order valence-corrected chi connectivity index (χ3v) is 4.62. The van der Waals surface area contributed by atoms with Crippen molar-refractivity contribution in [3.63, 3.8) is 0 Å². The fourth-order valence-electron chi connectivity index (χ4n) is 3.15. The van der Waals surface area contributed by atoms with Crippen LogP contribution in [0.4, 0.5) is 11.4 Å². The van der Waals surface area contributed by atoms with Gasteiger partial charge in [0.2, 0.25) is 0 Å². The number of anilines is 1. The number of nitrogens with zero attached hydrogens (tertiary/aromatic N) is 2. The molecule has 1 heterocycles. The highest BCUT2D eigenvalue weighted by molar-refractivity contribution is 6.02. The molecule has 4 nitrogen and oxygen atoms in total. The first-order chi connectivity index (χ1) is 12.0. The molecule has 0 aliphatic rings. The van der Waals surface area contributed by atoms with Crippen LogP contribution in [0.25, 0.3) is 10.9 Å². The minimum atomic E-state index is 0.154. The Morgan fingerprint density at radius 3 is 2.52 bits per heavy atom. The van der Waals surface area contributed by atoms with Gasteiger partial charge in [-0.05, 0) is 63.1 Å². The van der Waals surface area contributed by atoms with Crippen LogP contribution in [0, 0.1) is 13.8 Å². The molecule has 0 saturated carbocycles. The molecular formula is C21H25N3O. The second kappa shape index (κ2) is 7.01. The highest BCUT2D eigenvalue weighted by Crippen LogP contribution is 2.29. The number of aromatic amines is 1. The lowest BCUT2D eigenvalue weighted by molar-refractivity contribution is 0.457. The van der Waals surface area contributed by atoms with Crippen LogP contribution < -0.4 is 4.90 Å². The molecule has 0 fully saturated rings. The number of fused-ring (bicyclic) bond motifs is 1. The molecule has 3 rings (SSSR count). The molecule has 0 amide bonds. The minimum absolute atomic E-state index is 0.154. The third-order valence-electron chi connectivity index (χ3n) is 4.62. The SMILES string of the molecule is CCN(CC)c1ccc(N=Cc2c(O)[nH]c3cc(C)ccc23)c(C)c1. The van der Waals surface area contributed by atoms with Crippen LogP contribution in [0.5, 0.6) is 5.88 Å². The van der Waals surface area contributed by atoms with Gasteiger partial charge in [0.15, 0.2) is 5.88 Å². The Labute approximate surface area is 148 Å². The molecule has 0 unspecified atom stereocenters. The number of benzene rings is 2. The van der Waals surface area contributed by atoms with Crippen LogP contribution in [0.1, 0.15) is 30.5 Å². The molecule has 0 radical (unpaired) electrons. The average molecular weight is 335 g/mol. The number of aryl methyl sites for hydroxylation is 2. The van der Waals surface area contributed by atoms with Crippen molar-refractivity contribution in [3.05, 3.63) is 53.1 Å². The van der Waals surface area contributed by atoms with Gasteiger partial charge in [-0.25, -0.2) is 0 Å². The van der Waals surface area contributed by atoms with Gasteiger partial charge in [0.05, 0.1) is 11.3 Å². The summed E-state index contributed by atoms with van der Waals surface area (Å²) in [7, 11) is 0. The van der Waals surface area contributed by atoms with E-state index < -0.39 is 0 Å². The van der Waals surface area contributed by atoms with Crippen LogP contribution in [0.15, 0.2) is 41.4 Å². The maximum absolute atomic E-state index is 10.2. The number of H-pyrrole nitrogens is 1. The Kier molecular flexibility index (Phi) is 4.79. The van der Waals surface area contributed by atoms with E-state index in [0.717, 1.165) is 46.4 Å².